The summed E-state index contributed by atoms with van der Waals surface area (Å²) in [5, 5.41) is 3.74. The van der Waals surface area contributed by atoms with Crippen molar-refractivity contribution in [2.75, 3.05) is 0 Å². The van der Waals surface area contributed by atoms with Gasteiger partial charge in [-0.25, -0.2) is 0 Å². The third-order valence-corrected chi connectivity index (χ3v) is 5.11. The van der Waals surface area contributed by atoms with E-state index < -0.39 is 0 Å². The van der Waals surface area contributed by atoms with Crippen molar-refractivity contribution in [2.24, 2.45) is 0 Å². The van der Waals surface area contributed by atoms with E-state index in [1.165, 1.54) is 32.8 Å². The van der Waals surface area contributed by atoms with Crippen LogP contribution in [-0.2, 0) is 5.41 Å². The van der Waals surface area contributed by atoms with Gasteiger partial charge in [0.15, 0.2) is 0 Å². The van der Waals surface area contributed by atoms with Gasteiger partial charge in [-0.05, 0) is 28.6 Å². The van der Waals surface area contributed by atoms with Crippen molar-refractivity contribution in [3.63, 3.8) is 0 Å². The predicted octanol–water partition coefficient (Wildman–Crippen LogP) is 5.09. The first kappa shape index (κ1) is 12.8. The van der Waals surface area contributed by atoms with Crippen molar-refractivity contribution in [3.05, 3.63) is 72.1 Å². The van der Waals surface area contributed by atoms with E-state index in [9.17, 15) is 0 Å². The molecule has 0 aliphatic heterocycles. The molecule has 0 spiro atoms. The average molecular weight is 296 g/mol. The van der Waals surface area contributed by atoms with Crippen LogP contribution in [-0.4, -0.2) is 9.97 Å². The number of hydrogen-bond acceptors (Lipinski definition) is 2. The van der Waals surface area contributed by atoms with Gasteiger partial charge in [0.2, 0.25) is 0 Å². The molecular formula is C21H16N2. The Labute approximate surface area is 134 Å². The summed E-state index contributed by atoms with van der Waals surface area (Å²) in [6.45, 7) is 4.60. The van der Waals surface area contributed by atoms with Gasteiger partial charge in [-0.3, -0.25) is 9.97 Å². The number of pyridine rings is 2. The molecule has 0 bridgehead atoms. The van der Waals surface area contributed by atoms with Gasteiger partial charge in [-0.2, -0.15) is 0 Å². The molecule has 0 fully saturated rings. The number of aromatic nitrogens is 2. The minimum atomic E-state index is -0.0530. The van der Waals surface area contributed by atoms with Gasteiger partial charge < -0.3 is 0 Å². The molecule has 0 saturated heterocycles. The lowest BCUT2D eigenvalue weighted by Crippen LogP contribution is -2.15. The molecule has 0 amide bonds. The van der Waals surface area contributed by atoms with Crippen molar-refractivity contribution in [3.8, 4) is 11.3 Å². The lowest BCUT2D eigenvalue weighted by atomic mass is 9.80. The van der Waals surface area contributed by atoms with Crippen molar-refractivity contribution >= 4 is 21.7 Å². The van der Waals surface area contributed by atoms with Crippen LogP contribution in [0.5, 0.6) is 0 Å². The Kier molecular flexibility index (Phi) is 2.31. The van der Waals surface area contributed by atoms with E-state index in [1.54, 1.807) is 0 Å². The molecule has 0 N–H and O–H groups in total. The fourth-order valence-corrected chi connectivity index (χ4v) is 4.06. The van der Waals surface area contributed by atoms with Crippen LogP contribution in [0.2, 0.25) is 0 Å². The lowest BCUT2D eigenvalue weighted by Gasteiger charge is -2.23. The maximum absolute atomic E-state index is 4.67. The molecule has 23 heavy (non-hydrogen) atoms. The van der Waals surface area contributed by atoms with Crippen LogP contribution in [0.25, 0.3) is 32.9 Å². The fourth-order valence-electron chi connectivity index (χ4n) is 4.06. The first-order valence-electron chi connectivity index (χ1n) is 7.95. The van der Waals surface area contributed by atoms with E-state index in [2.05, 4.69) is 60.2 Å². The van der Waals surface area contributed by atoms with Gasteiger partial charge in [0.1, 0.15) is 0 Å². The zero-order valence-corrected chi connectivity index (χ0v) is 13.2. The van der Waals surface area contributed by atoms with Crippen LogP contribution in [0.15, 0.2) is 60.9 Å². The van der Waals surface area contributed by atoms with Gasteiger partial charge in [0.25, 0.3) is 0 Å². The third kappa shape index (κ3) is 1.53. The first-order chi connectivity index (χ1) is 11.2. The van der Waals surface area contributed by atoms with Crippen LogP contribution in [0, 0.1) is 0 Å². The van der Waals surface area contributed by atoms with Gasteiger partial charge in [0.05, 0.1) is 11.2 Å². The van der Waals surface area contributed by atoms with Crippen LogP contribution >= 0.6 is 0 Å². The van der Waals surface area contributed by atoms with E-state index in [1.807, 2.05) is 24.5 Å². The zero-order valence-electron chi connectivity index (χ0n) is 13.2. The summed E-state index contributed by atoms with van der Waals surface area (Å²) in [7, 11) is 0. The normalized spacial score (nSPS) is 14.9. The van der Waals surface area contributed by atoms with Crippen LogP contribution < -0.4 is 0 Å². The van der Waals surface area contributed by atoms with E-state index in [0.717, 1.165) is 11.2 Å². The quantitative estimate of drug-likeness (QED) is 0.422. The fraction of sp³-hybridized carbons (Fsp3) is 0.143. The molecule has 0 atom stereocenters. The maximum atomic E-state index is 4.67. The summed E-state index contributed by atoms with van der Waals surface area (Å²) in [6, 6.07) is 17.0. The summed E-state index contributed by atoms with van der Waals surface area (Å²) in [6.07, 6.45) is 3.88. The smallest absolute Gasteiger partial charge is 0.0746 e. The monoisotopic (exact) mass is 296 g/mol. The number of rotatable bonds is 0. The third-order valence-electron chi connectivity index (χ3n) is 5.11. The highest BCUT2D eigenvalue weighted by Gasteiger charge is 2.37. The van der Waals surface area contributed by atoms with E-state index in [0.29, 0.717) is 0 Å². The predicted molar refractivity (Wildman–Crippen MR) is 94.6 cm³/mol. The summed E-state index contributed by atoms with van der Waals surface area (Å²) >= 11 is 0. The minimum Gasteiger partial charge on any atom is -0.256 e. The number of nitrogens with zero attached hydrogens (tertiary/aromatic N) is 2. The first-order valence-corrected chi connectivity index (χ1v) is 7.95. The van der Waals surface area contributed by atoms with Gasteiger partial charge in [-0.1, -0.05) is 50.2 Å². The molecule has 2 nitrogen and oxygen atoms in total. The zero-order chi connectivity index (χ0) is 15.6. The van der Waals surface area contributed by atoms with Crippen molar-refractivity contribution in [1.29, 1.82) is 0 Å². The SMILES string of the molecule is CC1(C)c2cccnc2-c2ccc3cnc4ccccc4c3c21. The average Bonchev–Trinajstić information content (AvgIpc) is 2.83. The Balaban J connectivity index is 2.04. The number of benzene rings is 2. The summed E-state index contributed by atoms with van der Waals surface area (Å²) in [5.41, 5.74) is 6.06. The highest BCUT2D eigenvalue weighted by atomic mass is 14.7. The maximum Gasteiger partial charge on any atom is 0.0746 e. The molecule has 4 aromatic rings. The molecule has 1 aliphatic rings. The molecule has 5 rings (SSSR count). The van der Waals surface area contributed by atoms with Crippen molar-refractivity contribution < 1.29 is 0 Å². The molecule has 0 unspecified atom stereocenters. The molecule has 2 aromatic carbocycles. The second kappa shape index (κ2) is 4.17. The second-order valence-corrected chi connectivity index (χ2v) is 6.75. The summed E-state index contributed by atoms with van der Waals surface area (Å²) in [4.78, 5) is 9.28. The van der Waals surface area contributed by atoms with E-state index >= 15 is 0 Å². The van der Waals surface area contributed by atoms with Crippen LogP contribution in [0.4, 0.5) is 0 Å². The molecule has 1 aliphatic carbocycles. The Bertz CT molecular complexity index is 1090. The number of para-hydroxylation sites is 1. The standard InChI is InChI=1S/C21H16N2/c1-21(2)16-7-5-11-22-20(16)15-10-9-13-12-23-17-8-4-3-6-14(17)18(13)19(15)21/h3-12H,1-2H3. The van der Waals surface area contributed by atoms with Crippen LogP contribution in [0.1, 0.15) is 25.0 Å². The van der Waals surface area contributed by atoms with Crippen LogP contribution in [0.3, 0.4) is 0 Å². The Morgan fingerprint density at radius 2 is 1.74 bits per heavy atom. The highest BCUT2D eigenvalue weighted by Crippen LogP contribution is 2.51. The van der Waals surface area contributed by atoms with E-state index in [4.69, 9.17) is 0 Å². The molecule has 110 valence electrons. The summed E-state index contributed by atoms with van der Waals surface area (Å²) in [5.74, 6) is 0. The highest BCUT2D eigenvalue weighted by molar-refractivity contribution is 6.11. The number of fused-ring (bicyclic) bond motifs is 7. The molecule has 2 heterocycles. The molecule has 0 radical (unpaired) electrons. The molecule has 2 heteroatoms. The molecule has 2 aromatic heterocycles. The van der Waals surface area contributed by atoms with Gasteiger partial charge in [0, 0.05) is 34.1 Å². The Hall–Kier alpha value is -2.74. The van der Waals surface area contributed by atoms with E-state index in [-0.39, 0.29) is 5.41 Å². The topological polar surface area (TPSA) is 25.8 Å². The summed E-state index contributed by atoms with van der Waals surface area (Å²) < 4.78 is 0. The largest absolute Gasteiger partial charge is 0.256 e. The molecule has 0 saturated carbocycles. The van der Waals surface area contributed by atoms with Crippen molar-refractivity contribution in [2.45, 2.75) is 19.3 Å². The Morgan fingerprint density at radius 3 is 2.65 bits per heavy atom. The van der Waals surface area contributed by atoms with Crippen molar-refractivity contribution in [1.82, 2.24) is 9.97 Å². The number of hydrogen-bond donors (Lipinski definition) is 0. The van der Waals surface area contributed by atoms with Gasteiger partial charge >= 0.3 is 0 Å². The second-order valence-electron chi connectivity index (χ2n) is 6.75. The lowest BCUT2D eigenvalue weighted by molar-refractivity contribution is 0.665. The minimum absolute atomic E-state index is 0.0530. The molecular weight excluding hydrogens is 280 g/mol. The van der Waals surface area contributed by atoms with Gasteiger partial charge in [-0.15, -0.1) is 0 Å². The Morgan fingerprint density at radius 1 is 0.870 bits per heavy atom.